The number of aryl methyl sites for hydroxylation is 1. The number of piperidine rings is 1. The van der Waals surface area contributed by atoms with Crippen molar-refractivity contribution in [2.24, 2.45) is 13.0 Å². The lowest BCUT2D eigenvalue weighted by Crippen LogP contribution is -2.28. The zero-order valence-corrected chi connectivity index (χ0v) is 11.4. The molecule has 1 saturated heterocycles. The van der Waals surface area contributed by atoms with E-state index in [9.17, 15) is 0 Å². The van der Waals surface area contributed by atoms with Crippen LogP contribution in [0.25, 0.3) is 10.9 Å². The zero-order chi connectivity index (χ0) is 12.5. The molecule has 96 valence electrons. The lowest BCUT2D eigenvalue weighted by atomic mass is 9.90. The molecule has 3 rings (SSSR count). The SMILES string of the molecule is Cc1c(CC2CCNCC2)c2ccccc2n1C. The molecular formula is C16H22N2. The van der Waals surface area contributed by atoms with Crippen LogP contribution in [-0.4, -0.2) is 17.7 Å². The highest BCUT2D eigenvalue weighted by Crippen LogP contribution is 2.29. The zero-order valence-electron chi connectivity index (χ0n) is 11.4. The third kappa shape index (κ3) is 1.95. The first kappa shape index (κ1) is 11.8. The summed E-state index contributed by atoms with van der Waals surface area (Å²) in [5, 5.41) is 4.91. The van der Waals surface area contributed by atoms with Gasteiger partial charge < -0.3 is 9.88 Å². The smallest absolute Gasteiger partial charge is 0.0482 e. The molecule has 0 saturated carbocycles. The molecule has 2 nitrogen and oxygen atoms in total. The van der Waals surface area contributed by atoms with Crippen molar-refractivity contribution < 1.29 is 0 Å². The molecule has 1 aromatic heterocycles. The van der Waals surface area contributed by atoms with E-state index >= 15 is 0 Å². The Bertz CT molecular complexity index is 547. The van der Waals surface area contributed by atoms with Crippen LogP contribution in [0.5, 0.6) is 0 Å². The van der Waals surface area contributed by atoms with Crippen LogP contribution in [0.1, 0.15) is 24.1 Å². The summed E-state index contributed by atoms with van der Waals surface area (Å²) < 4.78 is 2.34. The van der Waals surface area contributed by atoms with E-state index in [1.54, 1.807) is 5.56 Å². The Morgan fingerprint density at radius 3 is 2.72 bits per heavy atom. The number of nitrogens with one attached hydrogen (secondary N) is 1. The van der Waals surface area contributed by atoms with Crippen molar-refractivity contribution in [3.8, 4) is 0 Å². The summed E-state index contributed by atoms with van der Waals surface area (Å²) in [6, 6.07) is 8.80. The number of aromatic nitrogens is 1. The van der Waals surface area contributed by atoms with Crippen molar-refractivity contribution in [1.82, 2.24) is 9.88 Å². The van der Waals surface area contributed by atoms with Crippen molar-refractivity contribution in [3.05, 3.63) is 35.5 Å². The summed E-state index contributed by atoms with van der Waals surface area (Å²) in [4.78, 5) is 0. The van der Waals surface area contributed by atoms with E-state index < -0.39 is 0 Å². The number of hydrogen-bond acceptors (Lipinski definition) is 1. The second-order valence-corrected chi connectivity index (χ2v) is 5.54. The summed E-state index contributed by atoms with van der Waals surface area (Å²) in [6.07, 6.45) is 3.89. The van der Waals surface area contributed by atoms with E-state index in [1.807, 2.05) is 0 Å². The van der Waals surface area contributed by atoms with E-state index in [2.05, 4.69) is 48.1 Å². The Morgan fingerprint density at radius 2 is 1.94 bits per heavy atom. The Labute approximate surface area is 109 Å². The van der Waals surface area contributed by atoms with Gasteiger partial charge in [0.05, 0.1) is 0 Å². The van der Waals surface area contributed by atoms with E-state index in [0.29, 0.717) is 0 Å². The fraction of sp³-hybridized carbons (Fsp3) is 0.500. The minimum Gasteiger partial charge on any atom is -0.348 e. The highest BCUT2D eigenvalue weighted by Gasteiger charge is 2.18. The molecule has 0 spiro atoms. The van der Waals surface area contributed by atoms with Gasteiger partial charge in [-0.2, -0.15) is 0 Å². The van der Waals surface area contributed by atoms with Gasteiger partial charge in [0.25, 0.3) is 0 Å². The van der Waals surface area contributed by atoms with Crippen LogP contribution in [0.3, 0.4) is 0 Å². The molecule has 1 aliphatic rings. The van der Waals surface area contributed by atoms with Crippen molar-refractivity contribution in [3.63, 3.8) is 0 Å². The van der Waals surface area contributed by atoms with Gasteiger partial charge in [-0.3, -0.25) is 0 Å². The lowest BCUT2D eigenvalue weighted by Gasteiger charge is -2.22. The molecule has 2 heteroatoms. The summed E-state index contributed by atoms with van der Waals surface area (Å²) in [5.74, 6) is 0.857. The number of nitrogens with zero attached hydrogens (tertiary/aromatic N) is 1. The number of fused-ring (bicyclic) bond motifs is 1. The van der Waals surface area contributed by atoms with Crippen molar-refractivity contribution in [1.29, 1.82) is 0 Å². The minimum atomic E-state index is 0.857. The van der Waals surface area contributed by atoms with Crippen molar-refractivity contribution in [2.45, 2.75) is 26.2 Å². The number of hydrogen-bond donors (Lipinski definition) is 1. The highest BCUT2D eigenvalue weighted by molar-refractivity contribution is 5.85. The Hall–Kier alpha value is -1.28. The predicted octanol–water partition coefficient (Wildman–Crippen LogP) is 3.03. The molecule has 0 radical (unpaired) electrons. The monoisotopic (exact) mass is 242 g/mol. The summed E-state index contributed by atoms with van der Waals surface area (Å²) in [6.45, 7) is 4.64. The summed E-state index contributed by atoms with van der Waals surface area (Å²) >= 11 is 0. The Morgan fingerprint density at radius 1 is 1.22 bits per heavy atom. The van der Waals surface area contributed by atoms with E-state index in [4.69, 9.17) is 0 Å². The molecule has 2 aromatic rings. The molecule has 1 aliphatic heterocycles. The molecule has 1 fully saturated rings. The first-order valence-electron chi connectivity index (χ1n) is 7.01. The van der Waals surface area contributed by atoms with Crippen LogP contribution in [0.15, 0.2) is 24.3 Å². The van der Waals surface area contributed by atoms with Crippen molar-refractivity contribution >= 4 is 10.9 Å². The molecule has 0 aliphatic carbocycles. The van der Waals surface area contributed by atoms with Gasteiger partial charge >= 0.3 is 0 Å². The normalized spacial score (nSPS) is 17.4. The van der Waals surface area contributed by atoms with Gasteiger partial charge in [-0.1, -0.05) is 18.2 Å². The van der Waals surface area contributed by atoms with Crippen LogP contribution in [0.4, 0.5) is 0 Å². The predicted molar refractivity (Wildman–Crippen MR) is 77.0 cm³/mol. The fourth-order valence-electron chi connectivity index (χ4n) is 3.23. The van der Waals surface area contributed by atoms with Gasteiger partial charge in [0.15, 0.2) is 0 Å². The van der Waals surface area contributed by atoms with E-state index in [-0.39, 0.29) is 0 Å². The molecule has 0 unspecified atom stereocenters. The first-order valence-corrected chi connectivity index (χ1v) is 7.01. The third-order valence-corrected chi connectivity index (χ3v) is 4.48. The van der Waals surface area contributed by atoms with Gasteiger partial charge in [-0.05, 0) is 56.8 Å². The van der Waals surface area contributed by atoms with Gasteiger partial charge in [-0.15, -0.1) is 0 Å². The quantitative estimate of drug-likeness (QED) is 0.856. The topological polar surface area (TPSA) is 17.0 Å². The Kier molecular flexibility index (Phi) is 3.13. The average molecular weight is 242 g/mol. The first-order chi connectivity index (χ1) is 8.77. The van der Waals surface area contributed by atoms with Crippen LogP contribution in [0.2, 0.25) is 0 Å². The van der Waals surface area contributed by atoms with Gasteiger partial charge in [0.2, 0.25) is 0 Å². The summed E-state index contributed by atoms with van der Waals surface area (Å²) in [7, 11) is 2.18. The van der Waals surface area contributed by atoms with Gasteiger partial charge in [0.1, 0.15) is 0 Å². The van der Waals surface area contributed by atoms with Crippen LogP contribution in [-0.2, 0) is 13.5 Å². The molecular weight excluding hydrogens is 220 g/mol. The fourth-order valence-corrected chi connectivity index (χ4v) is 3.23. The maximum absolute atomic E-state index is 3.45. The molecule has 0 bridgehead atoms. The van der Waals surface area contributed by atoms with Crippen molar-refractivity contribution in [2.75, 3.05) is 13.1 Å². The standard InChI is InChI=1S/C16H22N2/c1-12-15(11-13-7-9-17-10-8-13)14-5-3-4-6-16(14)18(12)2/h3-6,13,17H,7-11H2,1-2H3. The molecule has 0 atom stereocenters. The maximum Gasteiger partial charge on any atom is 0.0482 e. The number of benzene rings is 1. The van der Waals surface area contributed by atoms with Crippen LogP contribution < -0.4 is 5.32 Å². The number of rotatable bonds is 2. The maximum atomic E-state index is 3.45. The molecule has 18 heavy (non-hydrogen) atoms. The van der Waals surface area contributed by atoms with E-state index in [0.717, 1.165) is 5.92 Å². The van der Waals surface area contributed by atoms with Gasteiger partial charge in [0, 0.05) is 23.6 Å². The molecule has 1 N–H and O–H groups in total. The largest absolute Gasteiger partial charge is 0.348 e. The average Bonchev–Trinajstić information content (AvgIpc) is 2.66. The number of para-hydroxylation sites is 1. The Balaban J connectivity index is 1.97. The second kappa shape index (κ2) is 4.77. The molecule has 2 heterocycles. The third-order valence-electron chi connectivity index (χ3n) is 4.48. The van der Waals surface area contributed by atoms with E-state index in [1.165, 1.54) is 48.9 Å². The summed E-state index contributed by atoms with van der Waals surface area (Å²) in [5.41, 5.74) is 4.38. The highest BCUT2D eigenvalue weighted by atomic mass is 14.9. The molecule has 1 aromatic carbocycles. The second-order valence-electron chi connectivity index (χ2n) is 5.54. The molecule has 0 amide bonds. The minimum absolute atomic E-state index is 0.857. The lowest BCUT2D eigenvalue weighted by molar-refractivity contribution is 0.373. The van der Waals surface area contributed by atoms with Crippen LogP contribution in [0, 0.1) is 12.8 Å². The van der Waals surface area contributed by atoms with Crippen LogP contribution >= 0.6 is 0 Å². The van der Waals surface area contributed by atoms with Gasteiger partial charge in [-0.25, -0.2) is 0 Å².